The first-order chi connectivity index (χ1) is 9.59. The van der Waals surface area contributed by atoms with Gasteiger partial charge in [-0.3, -0.25) is 4.98 Å². The molecule has 0 bridgehead atoms. The molecule has 0 aromatic carbocycles. The van der Waals surface area contributed by atoms with E-state index in [1.54, 1.807) is 0 Å². The number of hydrogen-bond acceptors (Lipinski definition) is 3. The number of anilines is 1. The summed E-state index contributed by atoms with van der Waals surface area (Å²) in [6.07, 6.45) is -2.61. The molecule has 2 N–H and O–H groups in total. The lowest BCUT2D eigenvalue weighted by atomic mass is 10.1. The van der Waals surface area contributed by atoms with Crippen molar-refractivity contribution in [3.63, 3.8) is 0 Å². The van der Waals surface area contributed by atoms with E-state index in [0.29, 0.717) is 0 Å². The van der Waals surface area contributed by atoms with Crippen LogP contribution in [0.2, 0.25) is 0 Å². The van der Waals surface area contributed by atoms with Crippen molar-refractivity contribution in [2.24, 2.45) is 0 Å². The van der Waals surface area contributed by atoms with Crippen molar-refractivity contribution in [1.29, 1.82) is 0 Å². The third-order valence-electron chi connectivity index (χ3n) is 2.61. The Kier molecular flexibility index (Phi) is 3.84. The molecule has 0 saturated carbocycles. The molecule has 0 spiro atoms. The van der Waals surface area contributed by atoms with Crippen LogP contribution < -0.4 is 5.73 Å². The molecule has 1 unspecified atom stereocenters. The van der Waals surface area contributed by atoms with Gasteiger partial charge >= 0.3 is 6.18 Å². The summed E-state index contributed by atoms with van der Waals surface area (Å²) in [6, 6.07) is 2.75. The number of hydrogen-bond donors (Lipinski definition) is 1. The minimum Gasteiger partial charge on any atom is -0.397 e. The van der Waals surface area contributed by atoms with Crippen LogP contribution in [0.1, 0.15) is 11.3 Å². The maximum Gasteiger partial charge on any atom is 0.433 e. The Bertz CT molecular complexity index is 667. The lowest BCUT2D eigenvalue weighted by Gasteiger charge is -2.13. The number of nitrogens with zero attached hydrogens (tertiary/aromatic N) is 2. The number of pyridine rings is 2. The molecule has 2 aromatic heterocycles. The summed E-state index contributed by atoms with van der Waals surface area (Å²) in [7, 11) is 1.33. The maximum atomic E-state index is 13.2. The van der Waals surface area contributed by atoms with E-state index in [1.165, 1.54) is 9.24 Å². The summed E-state index contributed by atoms with van der Waals surface area (Å²) >= 11 is 0. The average Bonchev–Trinajstić information content (AvgIpc) is 2.37. The Morgan fingerprint density at radius 3 is 2.29 bits per heavy atom. The van der Waals surface area contributed by atoms with Crippen LogP contribution in [-0.4, -0.2) is 9.97 Å². The molecular formula is C12H9F5N3P. The topological polar surface area (TPSA) is 51.8 Å². The molecule has 9 heteroatoms. The van der Waals surface area contributed by atoms with Crippen LogP contribution >= 0.6 is 9.24 Å². The van der Waals surface area contributed by atoms with Gasteiger partial charge in [0.2, 0.25) is 0 Å². The lowest BCUT2D eigenvalue weighted by Crippen LogP contribution is -2.10. The van der Waals surface area contributed by atoms with Gasteiger partial charge in [0, 0.05) is 23.5 Å². The van der Waals surface area contributed by atoms with Crippen molar-refractivity contribution >= 4 is 14.9 Å². The first kappa shape index (κ1) is 15.6. The molecule has 2 rings (SSSR count). The summed E-state index contributed by atoms with van der Waals surface area (Å²) in [5, 5.41) is 0. The van der Waals surface area contributed by atoms with Gasteiger partial charge < -0.3 is 5.73 Å². The predicted molar refractivity (Wildman–Crippen MR) is 70.5 cm³/mol. The van der Waals surface area contributed by atoms with Gasteiger partial charge in [-0.15, -0.1) is 0 Å². The van der Waals surface area contributed by atoms with E-state index in [2.05, 4.69) is 9.97 Å². The number of nitrogens with two attached hydrogens (primary N) is 1. The minimum atomic E-state index is -4.65. The molecule has 3 nitrogen and oxygen atoms in total. The highest BCUT2D eigenvalue weighted by atomic mass is 31.0. The Morgan fingerprint density at radius 2 is 1.71 bits per heavy atom. The SMILES string of the molecule is Nc1ccc(C(F)(F)F)nc1-c1cncc(C(F)(F)P)c1. The molecule has 0 radical (unpaired) electrons. The van der Waals surface area contributed by atoms with Gasteiger partial charge in [0.15, 0.2) is 0 Å². The number of alkyl halides is 5. The van der Waals surface area contributed by atoms with Gasteiger partial charge in [-0.2, -0.15) is 22.0 Å². The highest BCUT2D eigenvalue weighted by molar-refractivity contribution is 7.17. The van der Waals surface area contributed by atoms with Crippen molar-refractivity contribution < 1.29 is 22.0 Å². The van der Waals surface area contributed by atoms with Crippen LogP contribution in [0.4, 0.5) is 27.6 Å². The average molecular weight is 321 g/mol. The van der Waals surface area contributed by atoms with Crippen molar-refractivity contribution in [2.45, 2.75) is 11.8 Å². The smallest absolute Gasteiger partial charge is 0.397 e. The van der Waals surface area contributed by atoms with Crippen LogP contribution in [0, 0.1) is 0 Å². The van der Waals surface area contributed by atoms with E-state index in [4.69, 9.17) is 5.73 Å². The molecule has 21 heavy (non-hydrogen) atoms. The fraction of sp³-hybridized carbons (Fsp3) is 0.167. The van der Waals surface area contributed by atoms with Gasteiger partial charge in [-0.25, -0.2) is 4.98 Å². The van der Waals surface area contributed by atoms with Crippen LogP contribution in [0.3, 0.4) is 0 Å². The van der Waals surface area contributed by atoms with E-state index in [1.807, 2.05) is 0 Å². The third-order valence-corrected chi connectivity index (χ3v) is 2.95. The Balaban J connectivity index is 2.57. The standard InChI is InChI=1S/C12H9F5N3P/c13-11(14,15)9-2-1-8(18)10(20-9)6-3-7(5-19-4-6)12(16,17)21/h1-5H,18,21H2. The van der Waals surface area contributed by atoms with Crippen LogP contribution in [-0.2, 0) is 11.8 Å². The van der Waals surface area contributed by atoms with Gasteiger partial charge in [0.25, 0.3) is 5.66 Å². The second-order valence-corrected chi connectivity index (χ2v) is 4.94. The largest absolute Gasteiger partial charge is 0.433 e. The molecule has 0 saturated heterocycles. The highest BCUT2D eigenvalue weighted by Crippen LogP contribution is 2.37. The molecule has 0 amide bonds. The molecule has 0 aliphatic rings. The van der Waals surface area contributed by atoms with E-state index >= 15 is 0 Å². The van der Waals surface area contributed by atoms with E-state index in [0.717, 1.165) is 30.6 Å². The zero-order valence-electron chi connectivity index (χ0n) is 10.3. The fourth-order valence-electron chi connectivity index (χ4n) is 1.61. The van der Waals surface area contributed by atoms with E-state index in [-0.39, 0.29) is 16.9 Å². The quantitative estimate of drug-likeness (QED) is 0.678. The summed E-state index contributed by atoms with van der Waals surface area (Å²) in [5.41, 5.74) is 0.378. The second kappa shape index (κ2) is 5.18. The summed E-state index contributed by atoms with van der Waals surface area (Å²) < 4.78 is 64.3. The monoisotopic (exact) mass is 321 g/mol. The van der Waals surface area contributed by atoms with Crippen molar-refractivity contribution in [3.05, 3.63) is 41.9 Å². The predicted octanol–water partition coefficient (Wildman–Crippen LogP) is 3.67. The van der Waals surface area contributed by atoms with Gasteiger partial charge in [-0.05, 0) is 18.2 Å². The molecule has 0 aliphatic carbocycles. The number of halogens is 5. The molecular weight excluding hydrogens is 312 g/mol. The zero-order chi connectivity index (χ0) is 15.8. The number of aromatic nitrogens is 2. The first-order valence-electron chi connectivity index (χ1n) is 5.55. The van der Waals surface area contributed by atoms with E-state index in [9.17, 15) is 22.0 Å². The molecule has 112 valence electrons. The van der Waals surface area contributed by atoms with Crippen molar-refractivity contribution in [1.82, 2.24) is 9.97 Å². The van der Waals surface area contributed by atoms with Gasteiger partial charge in [0.1, 0.15) is 5.69 Å². The van der Waals surface area contributed by atoms with Crippen LogP contribution in [0.15, 0.2) is 30.6 Å². The molecule has 2 heterocycles. The second-order valence-electron chi connectivity index (χ2n) is 4.22. The van der Waals surface area contributed by atoms with Crippen LogP contribution in [0.5, 0.6) is 0 Å². The lowest BCUT2D eigenvalue weighted by molar-refractivity contribution is -0.141. The van der Waals surface area contributed by atoms with Gasteiger partial charge in [0.05, 0.1) is 11.4 Å². The molecule has 0 fully saturated rings. The third kappa shape index (κ3) is 3.44. The van der Waals surface area contributed by atoms with Crippen LogP contribution in [0.25, 0.3) is 11.3 Å². The molecule has 2 aromatic rings. The molecule has 0 aliphatic heterocycles. The highest BCUT2D eigenvalue weighted by Gasteiger charge is 2.33. The summed E-state index contributed by atoms with van der Waals surface area (Å²) in [5.74, 6) is 0. The Labute approximate surface area is 118 Å². The summed E-state index contributed by atoms with van der Waals surface area (Å²) in [6.45, 7) is 0. The minimum absolute atomic E-state index is 0.0155. The maximum absolute atomic E-state index is 13.2. The summed E-state index contributed by atoms with van der Waals surface area (Å²) in [4.78, 5) is 6.99. The van der Waals surface area contributed by atoms with Gasteiger partial charge in [-0.1, -0.05) is 9.24 Å². The zero-order valence-corrected chi connectivity index (χ0v) is 11.5. The number of nitrogen functional groups attached to an aromatic ring is 1. The Morgan fingerprint density at radius 1 is 1.05 bits per heavy atom. The van der Waals surface area contributed by atoms with Crippen molar-refractivity contribution in [3.8, 4) is 11.3 Å². The first-order valence-corrected chi connectivity index (χ1v) is 6.13. The number of rotatable bonds is 2. The Hall–Kier alpha value is -1.82. The fourth-order valence-corrected chi connectivity index (χ4v) is 1.77. The van der Waals surface area contributed by atoms with Crippen molar-refractivity contribution in [2.75, 3.05) is 5.73 Å². The van der Waals surface area contributed by atoms with E-state index < -0.39 is 23.1 Å². The normalized spacial score (nSPS) is 12.5. The molecule has 1 atom stereocenters.